The van der Waals surface area contributed by atoms with Gasteiger partial charge in [-0.2, -0.15) is 0 Å². The molecule has 3 nitrogen and oxygen atoms in total. The third-order valence-electron chi connectivity index (χ3n) is 3.03. The van der Waals surface area contributed by atoms with E-state index in [0.29, 0.717) is 6.04 Å². The minimum Gasteiger partial charge on any atom is -0.335 e. The second kappa shape index (κ2) is 5.43. The van der Waals surface area contributed by atoms with E-state index in [-0.39, 0.29) is 5.91 Å². The van der Waals surface area contributed by atoms with Crippen LogP contribution >= 0.6 is 15.9 Å². The van der Waals surface area contributed by atoms with Crippen molar-refractivity contribution in [2.24, 2.45) is 0 Å². The van der Waals surface area contributed by atoms with E-state index in [1.807, 2.05) is 4.90 Å². The molecule has 1 aliphatic rings. The van der Waals surface area contributed by atoms with Gasteiger partial charge in [-0.3, -0.25) is 9.78 Å². The summed E-state index contributed by atoms with van der Waals surface area (Å²) in [7, 11) is 0. The molecule has 86 valence electrons. The number of rotatable bonds is 4. The molecule has 1 aromatic heterocycles. The molecule has 0 radical (unpaired) electrons. The zero-order valence-corrected chi connectivity index (χ0v) is 10.7. The Morgan fingerprint density at radius 2 is 2.12 bits per heavy atom. The van der Waals surface area contributed by atoms with Crippen molar-refractivity contribution in [3.8, 4) is 0 Å². The molecule has 1 aliphatic carbocycles. The predicted molar refractivity (Wildman–Crippen MR) is 66.7 cm³/mol. The summed E-state index contributed by atoms with van der Waals surface area (Å²) in [6.45, 7) is 0.784. The van der Waals surface area contributed by atoms with Crippen molar-refractivity contribution in [1.29, 1.82) is 0 Å². The summed E-state index contributed by atoms with van der Waals surface area (Å²) in [6, 6.07) is 4.00. The molecule has 1 aromatic rings. The van der Waals surface area contributed by atoms with Crippen molar-refractivity contribution in [2.45, 2.75) is 25.3 Å². The molecule has 16 heavy (non-hydrogen) atoms. The van der Waals surface area contributed by atoms with Gasteiger partial charge in [0.15, 0.2) is 0 Å². The van der Waals surface area contributed by atoms with Gasteiger partial charge in [0.25, 0.3) is 5.91 Å². The van der Waals surface area contributed by atoms with Crippen molar-refractivity contribution in [1.82, 2.24) is 9.88 Å². The van der Waals surface area contributed by atoms with Crippen molar-refractivity contribution in [2.75, 3.05) is 11.9 Å². The molecule has 0 atom stereocenters. The molecule has 0 unspecified atom stereocenters. The monoisotopic (exact) mass is 282 g/mol. The maximum absolute atomic E-state index is 12.2. The van der Waals surface area contributed by atoms with Gasteiger partial charge in [-0.15, -0.1) is 0 Å². The summed E-state index contributed by atoms with van der Waals surface area (Å²) in [5.41, 5.74) is 0.739. The molecule has 1 heterocycles. The maximum Gasteiger partial charge on any atom is 0.254 e. The van der Waals surface area contributed by atoms with E-state index in [9.17, 15) is 4.79 Å². The largest absolute Gasteiger partial charge is 0.335 e. The SMILES string of the molecule is O=C(c1ccncc1)N(CCBr)C1CCC1. The van der Waals surface area contributed by atoms with Gasteiger partial charge >= 0.3 is 0 Å². The average molecular weight is 283 g/mol. The van der Waals surface area contributed by atoms with Gasteiger partial charge in [-0.1, -0.05) is 15.9 Å². The van der Waals surface area contributed by atoms with Crippen LogP contribution in [-0.4, -0.2) is 33.7 Å². The smallest absolute Gasteiger partial charge is 0.254 e. The average Bonchev–Trinajstić information content (AvgIpc) is 2.26. The van der Waals surface area contributed by atoms with Crippen LogP contribution in [0, 0.1) is 0 Å². The summed E-state index contributed by atoms with van der Waals surface area (Å²) < 4.78 is 0. The molecular weight excluding hydrogens is 268 g/mol. The van der Waals surface area contributed by atoms with Crippen LogP contribution in [-0.2, 0) is 0 Å². The normalized spacial score (nSPS) is 15.6. The number of aromatic nitrogens is 1. The maximum atomic E-state index is 12.2. The van der Waals surface area contributed by atoms with E-state index in [1.54, 1.807) is 24.5 Å². The third-order valence-corrected chi connectivity index (χ3v) is 3.38. The van der Waals surface area contributed by atoms with E-state index < -0.39 is 0 Å². The van der Waals surface area contributed by atoms with Gasteiger partial charge in [-0.25, -0.2) is 0 Å². The fourth-order valence-electron chi connectivity index (χ4n) is 1.90. The first-order valence-electron chi connectivity index (χ1n) is 5.60. The minimum absolute atomic E-state index is 0.131. The Hall–Kier alpha value is -0.900. The molecular formula is C12H15BrN2O. The molecule has 1 fully saturated rings. The van der Waals surface area contributed by atoms with Gasteiger partial charge in [-0.05, 0) is 31.4 Å². The van der Waals surface area contributed by atoms with Crippen LogP contribution in [0.3, 0.4) is 0 Å². The highest BCUT2D eigenvalue weighted by atomic mass is 79.9. The molecule has 1 saturated carbocycles. The molecule has 0 N–H and O–H groups in total. The second-order valence-electron chi connectivity index (χ2n) is 4.01. The van der Waals surface area contributed by atoms with E-state index in [0.717, 1.165) is 30.3 Å². The molecule has 0 saturated heterocycles. The van der Waals surface area contributed by atoms with Crippen molar-refractivity contribution >= 4 is 21.8 Å². The zero-order chi connectivity index (χ0) is 11.4. The Morgan fingerprint density at radius 1 is 1.44 bits per heavy atom. The van der Waals surface area contributed by atoms with E-state index >= 15 is 0 Å². The topological polar surface area (TPSA) is 33.2 Å². The number of hydrogen-bond acceptors (Lipinski definition) is 2. The Bertz CT molecular complexity index is 351. The molecule has 0 aliphatic heterocycles. The number of halogens is 1. The van der Waals surface area contributed by atoms with Crippen LogP contribution < -0.4 is 0 Å². The summed E-state index contributed by atoms with van der Waals surface area (Å²) >= 11 is 3.41. The van der Waals surface area contributed by atoms with E-state index in [4.69, 9.17) is 0 Å². The molecule has 0 aromatic carbocycles. The Balaban J connectivity index is 2.10. The van der Waals surface area contributed by atoms with Crippen molar-refractivity contribution in [3.05, 3.63) is 30.1 Å². The van der Waals surface area contributed by atoms with Crippen LogP contribution in [0.1, 0.15) is 29.6 Å². The number of alkyl halides is 1. The number of hydrogen-bond donors (Lipinski definition) is 0. The van der Waals surface area contributed by atoms with Gasteiger partial charge in [0.05, 0.1) is 0 Å². The Morgan fingerprint density at radius 3 is 2.62 bits per heavy atom. The first-order valence-corrected chi connectivity index (χ1v) is 6.72. The quantitative estimate of drug-likeness (QED) is 0.795. The van der Waals surface area contributed by atoms with Crippen LogP contribution in [0.2, 0.25) is 0 Å². The lowest BCUT2D eigenvalue weighted by Gasteiger charge is -2.37. The second-order valence-corrected chi connectivity index (χ2v) is 4.80. The lowest BCUT2D eigenvalue weighted by Crippen LogP contribution is -2.45. The van der Waals surface area contributed by atoms with Crippen LogP contribution in [0.5, 0.6) is 0 Å². The molecule has 0 spiro atoms. The number of nitrogens with zero attached hydrogens (tertiary/aromatic N) is 2. The van der Waals surface area contributed by atoms with Crippen LogP contribution in [0.15, 0.2) is 24.5 Å². The van der Waals surface area contributed by atoms with Crippen molar-refractivity contribution < 1.29 is 4.79 Å². The minimum atomic E-state index is 0.131. The summed E-state index contributed by atoms with van der Waals surface area (Å²) in [5, 5.41) is 0.834. The lowest BCUT2D eigenvalue weighted by molar-refractivity contribution is 0.0599. The molecule has 1 amide bonds. The number of pyridine rings is 1. The van der Waals surface area contributed by atoms with Gasteiger partial charge < -0.3 is 4.90 Å². The van der Waals surface area contributed by atoms with E-state index in [2.05, 4.69) is 20.9 Å². The lowest BCUT2D eigenvalue weighted by atomic mass is 9.91. The van der Waals surface area contributed by atoms with Gasteiger partial charge in [0, 0.05) is 35.9 Å². The summed E-state index contributed by atoms with van der Waals surface area (Å²) in [4.78, 5) is 18.2. The van der Waals surface area contributed by atoms with Crippen LogP contribution in [0.4, 0.5) is 0 Å². The summed E-state index contributed by atoms with van der Waals surface area (Å²) in [6.07, 6.45) is 6.86. The van der Waals surface area contributed by atoms with E-state index in [1.165, 1.54) is 6.42 Å². The third kappa shape index (κ3) is 2.43. The van der Waals surface area contributed by atoms with Crippen molar-refractivity contribution in [3.63, 3.8) is 0 Å². The van der Waals surface area contributed by atoms with Gasteiger partial charge in [0.1, 0.15) is 0 Å². The Kier molecular flexibility index (Phi) is 3.93. The number of carbonyl (C=O) groups excluding carboxylic acids is 1. The first kappa shape index (κ1) is 11.6. The highest BCUT2D eigenvalue weighted by Gasteiger charge is 2.28. The fourth-order valence-corrected chi connectivity index (χ4v) is 2.28. The number of carbonyl (C=O) groups is 1. The first-order chi connectivity index (χ1) is 7.83. The van der Waals surface area contributed by atoms with Gasteiger partial charge in [0.2, 0.25) is 0 Å². The zero-order valence-electron chi connectivity index (χ0n) is 9.10. The standard InChI is InChI=1S/C12H15BrN2O/c13-6-9-15(11-2-1-3-11)12(16)10-4-7-14-8-5-10/h4-5,7-8,11H,1-3,6,9H2. The highest BCUT2D eigenvalue weighted by Crippen LogP contribution is 2.26. The van der Waals surface area contributed by atoms with Crippen LogP contribution in [0.25, 0.3) is 0 Å². The molecule has 2 rings (SSSR count). The Labute approximate surface area is 104 Å². The highest BCUT2D eigenvalue weighted by molar-refractivity contribution is 9.09. The predicted octanol–water partition coefficient (Wildman–Crippen LogP) is 2.47. The molecule has 4 heteroatoms. The summed E-state index contributed by atoms with van der Waals surface area (Å²) in [5.74, 6) is 0.131. The fraction of sp³-hybridized carbons (Fsp3) is 0.500. The molecule has 0 bridgehead atoms. The number of amides is 1.